The lowest BCUT2D eigenvalue weighted by Gasteiger charge is -2.31. The summed E-state index contributed by atoms with van der Waals surface area (Å²) in [6, 6.07) is 13.9. The van der Waals surface area contributed by atoms with Crippen molar-refractivity contribution in [2.24, 2.45) is 5.92 Å². The molecule has 31 heavy (non-hydrogen) atoms. The lowest BCUT2D eigenvalue weighted by molar-refractivity contribution is -0.126. The fraction of sp³-hybridized carbons (Fsp3) is 0.458. The molecule has 0 bridgehead atoms. The van der Waals surface area contributed by atoms with Gasteiger partial charge in [-0.25, -0.2) is 12.7 Å². The molecule has 1 aliphatic heterocycles. The van der Waals surface area contributed by atoms with E-state index in [1.807, 2.05) is 31.2 Å². The molecule has 1 atom stereocenters. The molecule has 1 amide bonds. The zero-order chi connectivity index (χ0) is 22.0. The molecule has 1 N–H and O–H groups in total. The van der Waals surface area contributed by atoms with Crippen LogP contribution in [-0.4, -0.2) is 31.7 Å². The van der Waals surface area contributed by atoms with Gasteiger partial charge in [-0.15, -0.1) is 0 Å². The molecule has 1 saturated heterocycles. The van der Waals surface area contributed by atoms with Crippen molar-refractivity contribution in [1.29, 1.82) is 0 Å². The second kappa shape index (κ2) is 9.43. The molecule has 0 aromatic heterocycles. The highest BCUT2D eigenvalue weighted by molar-refractivity contribution is 9.10. The Morgan fingerprint density at radius 1 is 1.13 bits per heavy atom. The number of nitrogens with one attached hydrogen (secondary N) is 1. The van der Waals surface area contributed by atoms with Crippen molar-refractivity contribution in [1.82, 2.24) is 9.62 Å². The summed E-state index contributed by atoms with van der Waals surface area (Å²) >= 11 is 3.39. The number of rotatable bonds is 6. The molecule has 0 radical (unpaired) electrons. The number of fused-ring (bicyclic) bond motifs is 1. The Morgan fingerprint density at radius 3 is 2.61 bits per heavy atom. The van der Waals surface area contributed by atoms with Crippen LogP contribution in [0, 0.1) is 5.92 Å². The fourth-order valence-corrected chi connectivity index (χ4v) is 6.60. The average Bonchev–Trinajstić information content (AvgIpc) is 3.21. The number of halogens is 1. The van der Waals surface area contributed by atoms with Crippen molar-refractivity contribution < 1.29 is 13.2 Å². The highest BCUT2D eigenvalue weighted by Crippen LogP contribution is 2.27. The number of carbonyl (C=O) groups is 1. The Kier molecular flexibility index (Phi) is 6.84. The van der Waals surface area contributed by atoms with Crippen LogP contribution in [0.5, 0.6) is 0 Å². The number of piperidine rings is 1. The second-order valence-corrected chi connectivity index (χ2v) is 11.6. The van der Waals surface area contributed by atoms with Crippen LogP contribution in [0.1, 0.15) is 54.5 Å². The molecular weight excluding hydrogens is 476 g/mol. The number of amides is 1. The molecule has 166 valence electrons. The summed E-state index contributed by atoms with van der Waals surface area (Å²) in [5.74, 6) is -0.134. The van der Waals surface area contributed by atoms with Gasteiger partial charge in [0.2, 0.25) is 15.9 Å². The predicted molar refractivity (Wildman–Crippen MR) is 126 cm³/mol. The highest BCUT2D eigenvalue weighted by atomic mass is 79.9. The molecule has 2 aliphatic rings. The van der Waals surface area contributed by atoms with Crippen LogP contribution >= 0.6 is 15.9 Å². The molecule has 1 heterocycles. The summed E-state index contributed by atoms with van der Waals surface area (Å²) in [6.45, 7) is 2.80. The van der Waals surface area contributed by atoms with Gasteiger partial charge in [0.05, 0.1) is 11.8 Å². The molecule has 0 saturated carbocycles. The summed E-state index contributed by atoms with van der Waals surface area (Å²) in [6.07, 6.45) is 4.60. The molecule has 1 aliphatic carbocycles. The second-order valence-electron chi connectivity index (χ2n) is 8.67. The van der Waals surface area contributed by atoms with E-state index >= 15 is 0 Å². The predicted octanol–water partition coefficient (Wildman–Crippen LogP) is 4.36. The standard InChI is InChI=1S/C24H29BrN2O3S/c1-17(21-9-8-19-5-3-6-22(19)15-21)26-24(28)20-10-12-27(13-11-20)31(29,30)16-18-4-2-7-23(25)14-18/h2,4,7-9,14-15,17,20H,3,5-6,10-13,16H2,1H3,(H,26,28). The van der Waals surface area contributed by atoms with Crippen LogP contribution in [0.3, 0.4) is 0 Å². The molecule has 7 heteroatoms. The number of hydrogen-bond donors (Lipinski definition) is 1. The minimum Gasteiger partial charge on any atom is -0.349 e. The van der Waals surface area contributed by atoms with Crippen molar-refractivity contribution in [3.05, 3.63) is 69.2 Å². The summed E-state index contributed by atoms with van der Waals surface area (Å²) in [7, 11) is -3.39. The Bertz CT molecular complexity index is 1060. The SMILES string of the molecule is CC(NC(=O)C1CCN(S(=O)(=O)Cc2cccc(Br)c2)CC1)c1ccc2c(c1)CCC2. The summed E-state index contributed by atoms with van der Waals surface area (Å²) < 4.78 is 28.0. The van der Waals surface area contributed by atoms with Gasteiger partial charge in [-0.05, 0) is 73.4 Å². The van der Waals surface area contributed by atoms with Gasteiger partial charge in [-0.2, -0.15) is 0 Å². The Labute approximate surface area is 193 Å². The van der Waals surface area contributed by atoms with E-state index in [9.17, 15) is 13.2 Å². The molecule has 2 aromatic rings. The third-order valence-electron chi connectivity index (χ3n) is 6.44. The minimum atomic E-state index is -3.39. The lowest BCUT2D eigenvalue weighted by Crippen LogP contribution is -2.43. The Hall–Kier alpha value is -1.70. The Morgan fingerprint density at radius 2 is 1.87 bits per heavy atom. The zero-order valence-electron chi connectivity index (χ0n) is 17.8. The van der Waals surface area contributed by atoms with E-state index in [2.05, 4.69) is 39.4 Å². The number of hydrogen-bond acceptors (Lipinski definition) is 3. The van der Waals surface area contributed by atoms with E-state index < -0.39 is 10.0 Å². The maximum absolute atomic E-state index is 12.8. The molecule has 0 spiro atoms. The molecule has 2 aromatic carbocycles. The maximum atomic E-state index is 12.8. The first kappa shape index (κ1) is 22.5. The van der Waals surface area contributed by atoms with Crippen LogP contribution in [0.2, 0.25) is 0 Å². The average molecular weight is 505 g/mol. The number of nitrogens with zero attached hydrogens (tertiary/aromatic N) is 1. The van der Waals surface area contributed by atoms with Gasteiger partial charge in [0, 0.05) is 23.5 Å². The third-order valence-corrected chi connectivity index (χ3v) is 8.78. The van der Waals surface area contributed by atoms with Crippen molar-refractivity contribution >= 4 is 31.9 Å². The number of aryl methyl sites for hydroxylation is 2. The topological polar surface area (TPSA) is 66.5 Å². The van der Waals surface area contributed by atoms with Crippen molar-refractivity contribution in [2.45, 2.75) is 50.8 Å². The van der Waals surface area contributed by atoms with Gasteiger partial charge in [0.15, 0.2) is 0 Å². The van der Waals surface area contributed by atoms with E-state index in [-0.39, 0.29) is 23.6 Å². The summed E-state index contributed by atoms with van der Waals surface area (Å²) in [4.78, 5) is 12.8. The first-order valence-corrected chi connectivity index (χ1v) is 13.4. The number of benzene rings is 2. The normalized spacial score (nSPS) is 18.5. The van der Waals surface area contributed by atoms with E-state index in [0.717, 1.165) is 28.4 Å². The van der Waals surface area contributed by atoms with E-state index in [4.69, 9.17) is 0 Å². The fourth-order valence-electron chi connectivity index (χ4n) is 4.60. The van der Waals surface area contributed by atoms with Gasteiger partial charge >= 0.3 is 0 Å². The first-order chi connectivity index (χ1) is 14.8. The number of sulfonamides is 1. The monoisotopic (exact) mass is 504 g/mol. The maximum Gasteiger partial charge on any atom is 0.223 e. The van der Waals surface area contributed by atoms with E-state index in [1.54, 1.807) is 0 Å². The van der Waals surface area contributed by atoms with Gasteiger partial charge in [0.1, 0.15) is 0 Å². The zero-order valence-corrected chi connectivity index (χ0v) is 20.2. The quantitative estimate of drug-likeness (QED) is 0.635. The lowest BCUT2D eigenvalue weighted by atomic mass is 9.96. The van der Waals surface area contributed by atoms with Crippen LogP contribution < -0.4 is 5.32 Å². The van der Waals surface area contributed by atoms with Crippen molar-refractivity contribution in [3.8, 4) is 0 Å². The third kappa shape index (κ3) is 5.38. The van der Waals surface area contributed by atoms with Crippen molar-refractivity contribution in [2.75, 3.05) is 13.1 Å². The molecule has 5 nitrogen and oxygen atoms in total. The van der Waals surface area contributed by atoms with Gasteiger partial charge in [0.25, 0.3) is 0 Å². The molecule has 1 fully saturated rings. The van der Waals surface area contributed by atoms with Gasteiger partial charge in [-0.1, -0.05) is 46.3 Å². The van der Waals surface area contributed by atoms with Gasteiger partial charge < -0.3 is 5.32 Å². The molecular formula is C24H29BrN2O3S. The van der Waals surface area contributed by atoms with Gasteiger partial charge in [-0.3, -0.25) is 4.79 Å². The van der Waals surface area contributed by atoms with Crippen LogP contribution in [-0.2, 0) is 33.4 Å². The van der Waals surface area contributed by atoms with Crippen molar-refractivity contribution in [3.63, 3.8) is 0 Å². The van der Waals surface area contributed by atoms with Crippen LogP contribution in [0.4, 0.5) is 0 Å². The van der Waals surface area contributed by atoms with E-state index in [0.29, 0.717) is 25.9 Å². The number of carbonyl (C=O) groups excluding carboxylic acids is 1. The highest BCUT2D eigenvalue weighted by Gasteiger charge is 2.31. The minimum absolute atomic E-state index is 0.0152. The summed E-state index contributed by atoms with van der Waals surface area (Å²) in [5, 5.41) is 3.14. The molecule has 4 rings (SSSR count). The molecule has 1 unspecified atom stereocenters. The largest absolute Gasteiger partial charge is 0.349 e. The van der Waals surface area contributed by atoms with E-state index in [1.165, 1.54) is 21.9 Å². The smallest absolute Gasteiger partial charge is 0.223 e. The Balaban J connectivity index is 1.31. The van der Waals surface area contributed by atoms with Crippen LogP contribution in [0.25, 0.3) is 0 Å². The summed E-state index contributed by atoms with van der Waals surface area (Å²) in [5.41, 5.74) is 4.74. The first-order valence-electron chi connectivity index (χ1n) is 11.0. The van der Waals surface area contributed by atoms with Crippen LogP contribution in [0.15, 0.2) is 46.9 Å².